The molecule has 0 saturated heterocycles. The molecule has 0 fully saturated rings. The number of nitrogens with zero attached hydrogens (tertiary/aromatic N) is 10. The van der Waals surface area contributed by atoms with Crippen molar-refractivity contribution in [1.82, 2.24) is 53.5 Å². The van der Waals surface area contributed by atoms with Gasteiger partial charge in [-0.1, -0.05) is 12.2 Å². The van der Waals surface area contributed by atoms with Gasteiger partial charge in [0, 0.05) is 69.2 Å². The number of benzene rings is 2. The number of hydrogen-bond donors (Lipinski definition) is 4. The Morgan fingerprint density at radius 3 is 1.78 bits per heavy atom. The molecule has 20 heteroatoms. The molecule has 0 spiro atoms. The number of carbonyl (C=O) groups excluding carboxylic acids is 4. The fourth-order valence-corrected chi connectivity index (χ4v) is 7.54. The molecule has 0 bridgehead atoms. The monoisotopic (exact) mass is 856 g/mol. The standard InChI is InChI=1S/C43H48N14O6/c1-5-56-32(19-26(3)51-56)40(60)49-42-47-30-21-28(38(44)58)23-34-36(30)54(42)14-7-8-15-55-37-31(48-43(55)50-41(61)33-20-27(4)52-57(33)6-2)22-29(24-35(37)63-18-10-17-62-34)39(59)46-11-9-13-53-16-12-45-25-53/h7-8,12,16,19-25H,5-6,9-11,13-15,17-18H2,1-4H3,(H2,44,58)(H,46,59)(H,47,49,60)(H,48,50,61)/b8-7+. The molecule has 1 aliphatic rings. The first kappa shape index (κ1) is 41.9. The summed E-state index contributed by atoms with van der Waals surface area (Å²) in [5.41, 5.74) is 10.3. The number of ether oxygens (including phenoxy) is 2. The zero-order valence-electron chi connectivity index (χ0n) is 35.4. The van der Waals surface area contributed by atoms with Crippen LogP contribution in [0.1, 0.15) is 79.8 Å². The third kappa shape index (κ3) is 8.86. The lowest BCUT2D eigenvalue weighted by Crippen LogP contribution is -2.25. The Hall–Kier alpha value is -7.77. The molecule has 5 aromatic heterocycles. The Labute approximate surface area is 361 Å². The second-order valence-electron chi connectivity index (χ2n) is 15.0. The Morgan fingerprint density at radius 1 is 0.730 bits per heavy atom. The number of rotatable bonds is 12. The molecule has 326 valence electrons. The number of anilines is 2. The summed E-state index contributed by atoms with van der Waals surface area (Å²) in [7, 11) is 0. The first-order chi connectivity index (χ1) is 30.5. The minimum Gasteiger partial charge on any atom is -0.491 e. The molecule has 20 nitrogen and oxygen atoms in total. The van der Waals surface area contributed by atoms with E-state index >= 15 is 0 Å². The lowest BCUT2D eigenvalue weighted by atomic mass is 10.1. The van der Waals surface area contributed by atoms with Crippen LogP contribution in [0.3, 0.4) is 0 Å². The highest BCUT2D eigenvalue weighted by molar-refractivity contribution is 6.05. The average Bonchev–Trinajstić information content (AvgIpc) is 4.11. The average molecular weight is 857 g/mol. The summed E-state index contributed by atoms with van der Waals surface area (Å²) >= 11 is 0. The highest BCUT2D eigenvalue weighted by atomic mass is 16.5. The van der Waals surface area contributed by atoms with Gasteiger partial charge in [-0.05, 0) is 70.5 Å². The highest BCUT2D eigenvalue weighted by Crippen LogP contribution is 2.34. The van der Waals surface area contributed by atoms with Crippen LogP contribution in [0.5, 0.6) is 11.5 Å². The number of amides is 4. The van der Waals surface area contributed by atoms with E-state index in [1.54, 1.807) is 62.9 Å². The molecule has 0 unspecified atom stereocenters. The largest absolute Gasteiger partial charge is 0.491 e. The molecule has 5 N–H and O–H groups in total. The van der Waals surface area contributed by atoms with Gasteiger partial charge < -0.3 is 34.2 Å². The van der Waals surface area contributed by atoms with Gasteiger partial charge in [0.15, 0.2) is 0 Å². The molecule has 6 heterocycles. The summed E-state index contributed by atoms with van der Waals surface area (Å²) in [5, 5.41) is 17.8. The Morgan fingerprint density at radius 2 is 1.27 bits per heavy atom. The molecule has 2 aromatic carbocycles. The maximum absolute atomic E-state index is 13.9. The summed E-state index contributed by atoms with van der Waals surface area (Å²) in [6, 6.07) is 9.89. The molecule has 7 aromatic rings. The van der Waals surface area contributed by atoms with Gasteiger partial charge in [-0.25, -0.2) is 15.0 Å². The van der Waals surface area contributed by atoms with Crippen molar-refractivity contribution in [3.63, 3.8) is 0 Å². The Kier molecular flexibility index (Phi) is 12.0. The number of nitrogens with two attached hydrogens (primary N) is 1. The molecule has 0 aliphatic carbocycles. The number of allylic oxidation sites excluding steroid dienone is 2. The van der Waals surface area contributed by atoms with Crippen molar-refractivity contribution >= 4 is 57.6 Å². The van der Waals surface area contributed by atoms with Crippen LogP contribution >= 0.6 is 0 Å². The van der Waals surface area contributed by atoms with Gasteiger partial charge in [-0.3, -0.25) is 39.2 Å². The number of aryl methyl sites for hydroxylation is 5. The van der Waals surface area contributed by atoms with Crippen LogP contribution in [-0.4, -0.2) is 91.6 Å². The van der Waals surface area contributed by atoms with E-state index in [-0.39, 0.29) is 49.7 Å². The maximum atomic E-state index is 13.9. The lowest BCUT2D eigenvalue weighted by Gasteiger charge is -2.14. The van der Waals surface area contributed by atoms with Crippen molar-refractivity contribution in [2.45, 2.75) is 73.3 Å². The van der Waals surface area contributed by atoms with E-state index in [0.717, 1.165) is 0 Å². The number of imidazole rings is 3. The summed E-state index contributed by atoms with van der Waals surface area (Å²) in [5.74, 6) is -0.663. The summed E-state index contributed by atoms with van der Waals surface area (Å²) < 4.78 is 21.5. The summed E-state index contributed by atoms with van der Waals surface area (Å²) in [6.07, 6.45) is 10.1. The van der Waals surface area contributed by atoms with Crippen molar-refractivity contribution in [2.75, 3.05) is 30.4 Å². The molecular weight excluding hydrogens is 809 g/mol. The van der Waals surface area contributed by atoms with Crippen LogP contribution in [0.15, 0.2) is 67.3 Å². The number of nitrogens with one attached hydrogen (secondary N) is 3. The molecule has 4 amide bonds. The SMILES string of the molecule is CCn1nc(C)cc1C(=O)Nc1nc2cc(C(N)=O)cc3c2n1C/C=C/Cn1c(NC(=O)c2cc(C)nn2CC)nc2cc(C(=O)NCCCn4ccnc4)cc(c21)OCCCO3. The fourth-order valence-electron chi connectivity index (χ4n) is 7.54. The van der Waals surface area contributed by atoms with Gasteiger partial charge in [0.25, 0.3) is 17.7 Å². The quantitative estimate of drug-likeness (QED) is 0.0988. The highest BCUT2D eigenvalue weighted by Gasteiger charge is 2.24. The molecule has 0 saturated carbocycles. The van der Waals surface area contributed by atoms with Crippen LogP contribution in [0.2, 0.25) is 0 Å². The van der Waals surface area contributed by atoms with Crippen LogP contribution < -0.4 is 31.2 Å². The first-order valence-electron chi connectivity index (χ1n) is 20.8. The lowest BCUT2D eigenvalue weighted by molar-refractivity contribution is 0.0949. The zero-order chi connectivity index (χ0) is 44.2. The van der Waals surface area contributed by atoms with Crippen LogP contribution in [0.25, 0.3) is 22.1 Å². The number of primary amides is 1. The molecule has 8 rings (SSSR count). The normalized spacial score (nSPS) is 13.5. The van der Waals surface area contributed by atoms with Gasteiger partial charge in [0.2, 0.25) is 17.8 Å². The number of aromatic nitrogens is 10. The van der Waals surface area contributed by atoms with Crippen molar-refractivity contribution in [3.8, 4) is 11.5 Å². The predicted molar refractivity (Wildman–Crippen MR) is 233 cm³/mol. The van der Waals surface area contributed by atoms with Gasteiger partial charge in [0.05, 0.1) is 42.0 Å². The third-order valence-electron chi connectivity index (χ3n) is 10.5. The topological polar surface area (TPSA) is 238 Å². The molecule has 0 atom stereocenters. The second kappa shape index (κ2) is 18.1. The predicted octanol–water partition coefficient (Wildman–Crippen LogP) is 4.47. The zero-order valence-corrected chi connectivity index (χ0v) is 35.4. The van der Waals surface area contributed by atoms with Crippen molar-refractivity contribution < 1.29 is 28.7 Å². The van der Waals surface area contributed by atoms with Crippen LogP contribution in [0.4, 0.5) is 11.9 Å². The van der Waals surface area contributed by atoms with Crippen LogP contribution in [-0.2, 0) is 32.7 Å². The third-order valence-corrected chi connectivity index (χ3v) is 10.5. The van der Waals surface area contributed by atoms with Gasteiger partial charge >= 0.3 is 0 Å². The van der Waals surface area contributed by atoms with E-state index in [9.17, 15) is 19.2 Å². The Balaban J connectivity index is 1.17. The van der Waals surface area contributed by atoms with Gasteiger partial charge in [-0.2, -0.15) is 10.2 Å². The summed E-state index contributed by atoms with van der Waals surface area (Å²) in [4.78, 5) is 67.4. The smallest absolute Gasteiger partial charge is 0.276 e. The van der Waals surface area contributed by atoms with E-state index in [1.807, 2.05) is 55.2 Å². The maximum Gasteiger partial charge on any atom is 0.276 e. The molecular formula is C43H48N14O6. The molecule has 63 heavy (non-hydrogen) atoms. The van der Waals surface area contributed by atoms with Crippen LogP contribution in [0, 0.1) is 13.8 Å². The minimum absolute atomic E-state index is 0.153. The van der Waals surface area contributed by atoms with Crippen molar-refractivity contribution in [2.24, 2.45) is 5.73 Å². The number of hydrogen-bond acceptors (Lipinski definition) is 11. The Bertz CT molecular complexity index is 2880. The van der Waals surface area contributed by atoms with E-state index in [0.29, 0.717) is 101 Å². The molecule has 1 aliphatic heterocycles. The van der Waals surface area contributed by atoms with Gasteiger partial charge in [-0.15, -0.1) is 0 Å². The first-order valence-corrected chi connectivity index (χ1v) is 20.8. The minimum atomic E-state index is -0.669. The number of carbonyl (C=O) groups is 4. The van der Waals surface area contributed by atoms with E-state index < -0.39 is 17.7 Å². The van der Waals surface area contributed by atoms with Crippen molar-refractivity contribution in [3.05, 3.63) is 101 Å². The fraction of sp³-hybridized carbons (Fsp3) is 0.326. The van der Waals surface area contributed by atoms with E-state index in [4.69, 9.17) is 25.2 Å². The van der Waals surface area contributed by atoms with E-state index in [2.05, 4.69) is 31.1 Å². The van der Waals surface area contributed by atoms with Crippen molar-refractivity contribution in [1.29, 1.82) is 0 Å². The molecule has 0 radical (unpaired) electrons. The summed E-state index contributed by atoms with van der Waals surface area (Å²) in [6.45, 7) is 10.2. The van der Waals surface area contributed by atoms with Gasteiger partial charge in [0.1, 0.15) is 33.9 Å². The van der Waals surface area contributed by atoms with E-state index in [1.165, 1.54) is 0 Å². The second-order valence-corrected chi connectivity index (χ2v) is 15.0.